The molecule has 32 heavy (non-hydrogen) atoms. The van der Waals surface area contributed by atoms with E-state index in [1.54, 1.807) is 0 Å². The van der Waals surface area contributed by atoms with Crippen molar-refractivity contribution in [2.45, 2.75) is 72.6 Å². The van der Waals surface area contributed by atoms with E-state index in [-0.39, 0.29) is 28.1 Å². The average molecular weight is 476 g/mol. The minimum Gasteiger partial charge on any atom is -0.342 e. The van der Waals surface area contributed by atoms with Crippen LogP contribution in [0.3, 0.4) is 0 Å². The zero-order valence-corrected chi connectivity index (χ0v) is 21.6. The lowest BCUT2D eigenvalue weighted by atomic mass is 9.96. The van der Waals surface area contributed by atoms with E-state index in [2.05, 4.69) is 69.0 Å². The number of hydrogen-bond acceptors (Lipinski definition) is 7. The van der Waals surface area contributed by atoms with Crippen molar-refractivity contribution in [1.82, 2.24) is 20.1 Å². The molecule has 1 aliphatic heterocycles. The van der Waals surface area contributed by atoms with Gasteiger partial charge in [0, 0.05) is 35.7 Å². The molecule has 0 atom stereocenters. The summed E-state index contributed by atoms with van der Waals surface area (Å²) in [6.07, 6.45) is 1.78. The molecule has 2 amide bonds. The zero-order valence-electron chi connectivity index (χ0n) is 20.0. The number of nitrogens with one attached hydrogen (secondary N) is 1. The van der Waals surface area contributed by atoms with Gasteiger partial charge in [0.2, 0.25) is 11.0 Å². The van der Waals surface area contributed by atoms with Crippen molar-refractivity contribution in [2.75, 3.05) is 18.4 Å². The van der Waals surface area contributed by atoms with Crippen molar-refractivity contribution in [1.29, 1.82) is 0 Å². The highest BCUT2D eigenvalue weighted by Gasteiger charge is 2.68. The molecule has 2 aromatic rings. The fourth-order valence-corrected chi connectivity index (χ4v) is 6.43. The van der Waals surface area contributed by atoms with Gasteiger partial charge in [0.15, 0.2) is 0 Å². The number of likely N-dealkylation sites (tertiary alicyclic amines) is 1. The predicted molar refractivity (Wildman–Crippen MR) is 128 cm³/mol. The molecule has 1 saturated heterocycles. The molecular formula is C23H33N5O2S2. The van der Waals surface area contributed by atoms with Crippen molar-refractivity contribution >= 4 is 39.6 Å². The molecule has 2 aromatic heterocycles. The zero-order chi connectivity index (χ0) is 23.5. The van der Waals surface area contributed by atoms with Gasteiger partial charge in [-0.15, -0.1) is 21.5 Å². The molecule has 2 fully saturated rings. The van der Waals surface area contributed by atoms with Crippen LogP contribution in [0.4, 0.5) is 5.13 Å². The van der Waals surface area contributed by atoms with Gasteiger partial charge in [0.1, 0.15) is 10.7 Å². The molecule has 0 radical (unpaired) electrons. The summed E-state index contributed by atoms with van der Waals surface area (Å²) in [5, 5.41) is 15.2. The molecule has 0 aromatic carbocycles. The number of anilines is 1. The van der Waals surface area contributed by atoms with Crippen LogP contribution in [0.5, 0.6) is 0 Å². The van der Waals surface area contributed by atoms with Gasteiger partial charge in [-0.3, -0.25) is 14.9 Å². The first kappa shape index (κ1) is 23.3. The number of aromatic nitrogens is 3. The molecule has 1 aliphatic carbocycles. The third-order valence-corrected chi connectivity index (χ3v) is 9.74. The number of hydrogen-bond donors (Lipinski definition) is 1. The lowest BCUT2D eigenvalue weighted by Crippen LogP contribution is -2.39. The molecule has 2 aliphatic rings. The number of rotatable bonds is 4. The second kappa shape index (κ2) is 7.87. The summed E-state index contributed by atoms with van der Waals surface area (Å²) in [6.45, 7) is 16.5. The first-order valence-corrected chi connectivity index (χ1v) is 12.9. The summed E-state index contributed by atoms with van der Waals surface area (Å²) < 4.78 is 0. The Bertz CT molecular complexity index is 1010. The highest BCUT2D eigenvalue weighted by Crippen LogP contribution is 2.68. The van der Waals surface area contributed by atoms with Crippen molar-refractivity contribution < 1.29 is 9.59 Å². The van der Waals surface area contributed by atoms with Crippen molar-refractivity contribution in [2.24, 2.45) is 16.7 Å². The summed E-state index contributed by atoms with van der Waals surface area (Å²) in [5.41, 5.74) is 0.450. The second-order valence-electron chi connectivity index (χ2n) is 11.2. The summed E-state index contributed by atoms with van der Waals surface area (Å²) in [7, 11) is 0. The van der Waals surface area contributed by atoms with Crippen LogP contribution >= 0.6 is 22.7 Å². The van der Waals surface area contributed by atoms with E-state index >= 15 is 0 Å². The third kappa shape index (κ3) is 4.09. The molecule has 0 spiro atoms. The summed E-state index contributed by atoms with van der Waals surface area (Å²) in [5.74, 6) is 0.444. The van der Waals surface area contributed by atoms with Gasteiger partial charge in [-0.2, -0.15) is 0 Å². The third-order valence-electron chi connectivity index (χ3n) is 7.47. The van der Waals surface area contributed by atoms with E-state index in [1.165, 1.54) is 22.7 Å². The molecule has 174 valence electrons. The predicted octanol–water partition coefficient (Wildman–Crippen LogP) is 4.93. The standard InChI is InChI=1S/C23H33N5O2S2/c1-21(2,3)19-26-27-20(32-19)25-16(29)14-12-31-17(24-14)13-8-10-28(11-9-13)18(30)15-22(4,5)23(15,6)7/h12-13,15H,8-11H2,1-7H3,(H,25,27,29). The molecule has 9 heteroatoms. The van der Waals surface area contributed by atoms with Crippen LogP contribution in [0.25, 0.3) is 0 Å². The van der Waals surface area contributed by atoms with Crippen LogP contribution < -0.4 is 5.32 Å². The highest BCUT2D eigenvalue weighted by atomic mass is 32.1. The smallest absolute Gasteiger partial charge is 0.276 e. The van der Waals surface area contributed by atoms with Gasteiger partial charge < -0.3 is 4.90 Å². The number of thiazole rings is 1. The van der Waals surface area contributed by atoms with Crippen LogP contribution in [0.2, 0.25) is 0 Å². The molecule has 1 saturated carbocycles. The Morgan fingerprint density at radius 3 is 2.25 bits per heavy atom. The second-order valence-corrected chi connectivity index (χ2v) is 13.0. The summed E-state index contributed by atoms with van der Waals surface area (Å²) >= 11 is 2.92. The van der Waals surface area contributed by atoms with Gasteiger partial charge in [0.05, 0.1) is 5.01 Å². The van der Waals surface area contributed by atoms with Crippen LogP contribution in [-0.2, 0) is 10.2 Å². The SMILES string of the molecule is CC(C)(C)c1nnc(NC(=O)c2csc(C3CCN(C(=O)C4C(C)(C)C4(C)C)CC3)n2)s1. The molecule has 4 rings (SSSR count). The van der Waals surface area contributed by atoms with Crippen LogP contribution in [0.1, 0.15) is 87.7 Å². The van der Waals surface area contributed by atoms with E-state index in [4.69, 9.17) is 0 Å². The lowest BCUT2D eigenvalue weighted by molar-refractivity contribution is -0.134. The Morgan fingerprint density at radius 2 is 1.72 bits per heavy atom. The van der Waals surface area contributed by atoms with E-state index in [0.29, 0.717) is 22.7 Å². The van der Waals surface area contributed by atoms with Gasteiger partial charge in [-0.05, 0) is 23.7 Å². The quantitative estimate of drug-likeness (QED) is 0.677. The van der Waals surface area contributed by atoms with Crippen molar-refractivity contribution in [3.63, 3.8) is 0 Å². The summed E-state index contributed by atoms with van der Waals surface area (Å²) in [6, 6.07) is 0. The van der Waals surface area contributed by atoms with E-state index in [0.717, 1.165) is 35.9 Å². The number of carbonyl (C=O) groups is 2. The number of carbonyl (C=O) groups excluding carboxylic acids is 2. The maximum Gasteiger partial charge on any atom is 0.276 e. The molecule has 0 bridgehead atoms. The van der Waals surface area contributed by atoms with Crippen LogP contribution in [-0.4, -0.2) is 45.0 Å². The number of nitrogens with zero attached hydrogens (tertiary/aromatic N) is 4. The fraction of sp³-hybridized carbons (Fsp3) is 0.696. The van der Waals surface area contributed by atoms with Gasteiger partial charge >= 0.3 is 0 Å². The highest BCUT2D eigenvalue weighted by molar-refractivity contribution is 7.15. The minimum atomic E-state index is -0.255. The van der Waals surface area contributed by atoms with Gasteiger partial charge in [0.25, 0.3) is 5.91 Å². The first-order chi connectivity index (χ1) is 14.8. The van der Waals surface area contributed by atoms with Crippen molar-refractivity contribution in [3.05, 3.63) is 21.1 Å². The largest absolute Gasteiger partial charge is 0.342 e. The van der Waals surface area contributed by atoms with Crippen LogP contribution in [0.15, 0.2) is 5.38 Å². The molecule has 3 heterocycles. The Hall–Kier alpha value is -1.87. The molecule has 1 N–H and O–H groups in total. The topological polar surface area (TPSA) is 88.1 Å². The lowest BCUT2D eigenvalue weighted by Gasteiger charge is -2.31. The van der Waals surface area contributed by atoms with E-state index in [1.807, 2.05) is 10.3 Å². The van der Waals surface area contributed by atoms with E-state index in [9.17, 15) is 9.59 Å². The maximum atomic E-state index is 13.0. The first-order valence-electron chi connectivity index (χ1n) is 11.2. The summed E-state index contributed by atoms with van der Waals surface area (Å²) in [4.78, 5) is 32.3. The monoisotopic (exact) mass is 475 g/mol. The Kier molecular flexibility index (Phi) is 5.73. The molecule has 0 unspecified atom stereocenters. The average Bonchev–Trinajstić information content (AvgIpc) is 3.21. The molecular weight excluding hydrogens is 442 g/mol. The minimum absolute atomic E-state index is 0.0685. The van der Waals surface area contributed by atoms with Gasteiger partial charge in [-0.1, -0.05) is 59.8 Å². The Labute approximate surface area is 198 Å². The Morgan fingerprint density at radius 1 is 1.09 bits per heavy atom. The number of piperidine rings is 1. The van der Waals surface area contributed by atoms with E-state index < -0.39 is 0 Å². The normalized spacial score (nSPS) is 20.9. The van der Waals surface area contributed by atoms with Crippen LogP contribution in [0, 0.1) is 16.7 Å². The molecule has 7 nitrogen and oxygen atoms in total. The number of amides is 2. The van der Waals surface area contributed by atoms with Gasteiger partial charge in [-0.25, -0.2) is 4.98 Å². The fourth-order valence-electron chi connectivity index (χ4n) is 4.66. The van der Waals surface area contributed by atoms with Crippen molar-refractivity contribution in [3.8, 4) is 0 Å². The maximum absolute atomic E-state index is 13.0. The Balaban J connectivity index is 1.33.